The molecule has 7 nitrogen and oxygen atoms in total. The van der Waals surface area contributed by atoms with Gasteiger partial charge in [0.25, 0.3) is 5.91 Å². The molecular weight excluding hydrogens is 364 g/mol. The van der Waals surface area contributed by atoms with Gasteiger partial charge < -0.3 is 15.5 Å². The molecule has 1 amide bonds. The summed E-state index contributed by atoms with van der Waals surface area (Å²) in [6.07, 6.45) is 5.40. The summed E-state index contributed by atoms with van der Waals surface area (Å²) in [6.45, 7) is 2.22. The minimum atomic E-state index is -0.366. The van der Waals surface area contributed by atoms with E-state index in [0.29, 0.717) is 22.8 Å². The molecule has 0 aliphatic carbocycles. The second-order valence-electron chi connectivity index (χ2n) is 6.77. The second-order valence-corrected chi connectivity index (χ2v) is 6.77. The molecule has 1 saturated heterocycles. The fourth-order valence-electron chi connectivity index (χ4n) is 3.25. The minimum Gasteiger partial charge on any atom is -0.372 e. The zero-order chi connectivity index (χ0) is 20.1. The third-order valence-corrected chi connectivity index (χ3v) is 4.80. The zero-order valence-electron chi connectivity index (χ0n) is 15.8. The standard InChI is InChI=1S/C22H20N6O/c23-13-16-5-1-2-6-20(16)27-21(29)17-14-24-22(25-15-17)26-18-7-9-19(10-8-18)28-11-3-4-12-28/h1-2,5-10,14-15H,3-4,11-12H2,(H,27,29)(H,24,25,26). The number of nitrogens with one attached hydrogen (secondary N) is 2. The molecule has 2 N–H and O–H groups in total. The van der Waals surface area contributed by atoms with Gasteiger partial charge in [-0.25, -0.2) is 9.97 Å². The Morgan fingerprint density at radius 1 is 1.00 bits per heavy atom. The number of nitriles is 1. The number of aromatic nitrogens is 2. The van der Waals surface area contributed by atoms with Crippen LogP contribution < -0.4 is 15.5 Å². The largest absolute Gasteiger partial charge is 0.372 e. The summed E-state index contributed by atoms with van der Waals surface area (Å²) in [5, 5.41) is 15.0. The van der Waals surface area contributed by atoms with E-state index < -0.39 is 0 Å². The van der Waals surface area contributed by atoms with Crippen LogP contribution in [0.2, 0.25) is 0 Å². The van der Waals surface area contributed by atoms with Crippen molar-refractivity contribution >= 4 is 28.9 Å². The van der Waals surface area contributed by atoms with Crippen molar-refractivity contribution in [3.8, 4) is 6.07 Å². The third kappa shape index (κ3) is 4.33. The fraction of sp³-hybridized carbons (Fsp3) is 0.182. The topological polar surface area (TPSA) is 93.9 Å². The van der Waals surface area contributed by atoms with Gasteiger partial charge in [0.05, 0.1) is 16.8 Å². The van der Waals surface area contributed by atoms with Crippen LogP contribution in [0.5, 0.6) is 0 Å². The average molecular weight is 384 g/mol. The Hall–Kier alpha value is -3.92. The van der Waals surface area contributed by atoms with Crippen molar-refractivity contribution < 1.29 is 4.79 Å². The van der Waals surface area contributed by atoms with Gasteiger partial charge in [-0.3, -0.25) is 4.79 Å². The Labute approximate surface area is 169 Å². The number of hydrogen-bond acceptors (Lipinski definition) is 6. The molecule has 144 valence electrons. The first-order valence-electron chi connectivity index (χ1n) is 9.47. The van der Waals surface area contributed by atoms with Gasteiger partial charge in [0.1, 0.15) is 6.07 Å². The number of nitrogens with zero attached hydrogens (tertiary/aromatic N) is 4. The maximum atomic E-state index is 12.4. The molecule has 7 heteroatoms. The summed E-state index contributed by atoms with van der Waals surface area (Å²) in [4.78, 5) is 23.2. The van der Waals surface area contributed by atoms with Gasteiger partial charge in [-0.15, -0.1) is 0 Å². The van der Waals surface area contributed by atoms with E-state index in [4.69, 9.17) is 5.26 Å². The van der Waals surface area contributed by atoms with Crippen LogP contribution in [0.15, 0.2) is 60.9 Å². The molecule has 1 aliphatic rings. The van der Waals surface area contributed by atoms with Gasteiger partial charge in [-0.1, -0.05) is 12.1 Å². The van der Waals surface area contributed by atoms with E-state index in [1.54, 1.807) is 24.3 Å². The fourth-order valence-corrected chi connectivity index (χ4v) is 3.25. The lowest BCUT2D eigenvalue weighted by molar-refractivity contribution is 0.102. The molecule has 4 rings (SSSR count). The van der Waals surface area contributed by atoms with Crippen LogP contribution in [-0.4, -0.2) is 29.0 Å². The van der Waals surface area contributed by atoms with Gasteiger partial charge >= 0.3 is 0 Å². The molecule has 0 saturated carbocycles. The van der Waals surface area contributed by atoms with E-state index >= 15 is 0 Å². The first-order valence-corrected chi connectivity index (χ1v) is 9.47. The Kier molecular flexibility index (Phi) is 5.34. The van der Waals surface area contributed by atoms with Crippen LogP contribution in [0, 0.1) is 11.3 Å². The van der Waals surface area contributed by atoms with Crippen molar-refractivity contribution in [2.75, 3.05) is 28.6 Å². The first kappa shape index (κ1) is 18.4. The normalized spacial score (nSPS) is 13.0. The van der Waals surface area contributed by atoms with Crippen LogP contribution in [0.25, 0.3) is 0 Å². The lowest BCUT2D eigenvalue weighted by Crippen LogP contribution is -2.17. The highest BCUT2D eigenvalue weighted by atomic mass is 16.1. The molecule has 0 bridgehead atoms. The molecule has 1 fully saturated rings. The molecule has 0 atom stereocenters. The van der Waals surface area contributed by atoms with Gasteiger partial charge in [0.15, 0.2) is 0 Å². The number of hydrogen-bond donors (Lipinski definition) is 2. The summed E-state index contributed by atoms with van der Waals surface area (Å²) < 4.78 is 0. The number of carbonyl (C=O) groups excluding carboxylic acids is 1. The SMILES string of the molecule is N#Cc1ccccc1NC(=O)c1cnc(Nc2ccc(N3CCCC3)cc2)nc1. The number of anilines is 4. The van der Waals surface area contributed by atoms with Gasteiger partial charge in [0, 0.05) is 36.9 Å². The number of rotatable bonds is 5. The maximum absolute atomic E-state index is 12.4. The number of amides is 1. The Bertz CT molecular complexity index is 1030. The van der Waals surface area contributed by atoms with Crippen molar-refractivity contribution in [2.24, 2.45) is 0 Å². The van der Waals surface area contributed by atoms with Crippen LogP contribution in [0.1, 0.15) is 28.8 Å². The molecule has 3 aromatic rings. The number of carbonyl (C=O) groups is 1. The van der Waals surface area contributed by atoms with Gasteiger partial charge in [-0.2, -0.15) is 5.26 Å². The predicted octanol–water partition coefficient (Wildman–Crippen LogP) is 3.94. The van der Waals surface area contributed by atoms with Crippen LogP contribution in [0.4, 0.5) is 23.0 Å². The Morgan fingerprint density at radius 2 is 1.69 bits per heavy atom. The Balaban J connectivity index is 1.40. The highest BCUT2D eigenvalue weighted by Gasteiger charge is 2.12. The minimum absolute atomic E-state index is 0.313. The second kappa shape index (κ2) is 8.40. The molecule has 2 aromatic carbocycles. The van der Waals surface area contributed by atoms with E-state index in [9.17, 15) is 4.79 Å². The van der Waals surface area contributed by atoms with Gasteiger partial charge in [0.2, 0.25) is 5.95 Å². The quantitative estimate of drug-likeness (QED) is 0.692. The zero-order valence-corrected chi connectivity index (χ0v) is 15.8. The summed E-state index contributed by atoms with van der Waals surface area (Å²) >= 11 is 0. The summed E-state index contributed by atoms with van der Waals surface area (Å²) in [7, 11) is 0. The smallest absolute Gasteiger partial charge is 0.258 e. The van der Waals surface area contributed by atoms with Crippen molar-refractivity contribution in [3.63, 3.8) is 0 Å². The maximum Gasteiger partial charge on any atom is 0.258 e. The average Bonchev–Trinajstić information content (AvgIpc) is 3.30. The molecule has 1 aromatic heterocycles. The third-order valence-electron chi connectivity index (χ3n) is 4.80. The van der Waals surface area contributed by atoms with E-state index in [-0.39, 0.29) is 5.91 Å². The van der Waals surface area contributed by atoms with Crippen molar-refractivity contribution in [1.82, 2.24) is 9.97 Å². The van der Waals surface area contributed by atoms with Crippen molar-refractivity contribution in [3.05, 3.63) is 72.1 Å². The molecule has 1 aliphatic heterocycles. The highest BCUT2D eigenvalue weighted by Crippen LogP contribution is 2.23. The molecule has 29 heavy (non-hydrogen) atoms. The molecule has 0 radical (unpaired) electrons. The molecular formula is C22H20N6O. The molecule has 0 unspecified atom stereocenters. The predicted molar refractivity (Wildman–Crippen MR) is 112 cm³/mol. The van der Waals surface area contributed by atoms with Crippen molar-refractivity contribution in [1.29, 1.82) is 5.26 Å². The van der Waals surface area contributed by atoms with E-state index in [1.807, 2.05) is 12.1 Å². The lowest BCUT2D eigenvalue weighted by atomic mass is 10.2. The van der Waals surface area contributed by atoms with Gasteiger partial charge in [-0.05, 0) is 49.2 Å². The van der Waals surface area contributed by atoms with Crippen LogP contribution in [0.3, 0.4) is 0 Å². The molecule has 2 heterocycles. The van der Waals surface area contributed by atoms with E-state index in [1.165, 1.54) is 30.9 Å². The Morgan fingerprint density at radius 3 is 2.38 bits per heavy atom. The highest BCUT2D eigenvalue weighted by molar-refractivity contribution is 6.04. The van der Waals surface area contributed by atoms with E-state index in [0.717, 1.165) is 18.8 Å². The number of benzene rings is 2. The molecule has 0 spiro atoms. The first-order chi connectivity index (χ1) is 14.2. The van der Waals surface area contributed by atoms with Crippen LogP contribution >= 0.6 is 0 Å². The summed E-state index contributed by atoms with van der Waals surface area (Å²) in [6, 6.07) is 17.0. The summed E-state index contributed by atoms with van der Waals surface area (Å²) in [5.41, 5.74) is 3.28. The lowest BCUT2D eigenvalue weighted by Gasteiger charge is -2.17. The number of para-hydroxylation sites is 1. The van der Waals surface area contributed by atoms with Crippen molar-refractivity contribution in [2.45, 2.75) is 12.8 Å². The summed E-state index contributed by atoms with van der Waals surface area (Å²) in [5.74, 6) is 0.0436. The monoisotopic (exact) mass is 384 g/mol. The van der Waals surface area contributed by atoms with E-state index in [2.05, 4.69) is 43.7 Å². The van der Waals surface area contributed by atoms with Crippen LogP contribution in [-0.2, 0) is 0 Å².